The van der Waals surface area contributed by atoms with Gasteiger partial charge in [0.15, 0.2) is 0 Å². The molecule has 6 heteroatoms. The highest BCUT2D eigenvalue weighted by Gasteiger charge is 2.21. The van der Waals surface area contributed by atoms with Crippen molar-refractivity contribution in [3.8, 4) is 28.6 Å². The van der Waals surface area contributed by atoms with Gasteiger partial charge in [-0.1, -0.05) is 5.16 Å². The third-order valence-corrected chi connectivity index (χ3v) is 3.21. The minimum atomic E-state index is -0.247. The summed E-state index contributed by atoms with van der Waals surface area (Å²) in [6.07, 6.45) is 3.62. The fourth-order valence-electron chi connectivity index (χ4n) is 2.22. The molecular weight excluding hydrogens is 270 g/mol. The molecule has 2 aromatic heterocycles. The first kappa shape index (κ1) is 11.8. The first-order chi connectivity index (χ1) is 10.3. The van der Waals surface area contributed by atoms with Gasteiger partial charge in [-0.3, -0.25) is 9.78 Å². The van der Waals surface area contributed by atoms with Crippen molar-refractivity contribution in [1.82, 2.24) is 15.1 Å². The third-order valence-electron chi connectivity index (χ3n) is 3.21. The fraction of sp³-hybridized carbons (Fsp3) is 0.0667. The zero-order valence-electron chi connectivity index (χ0n) is 10.8. The minimum Gasteiger partial charge on any atom is -0.426 e. The molecule has 3 aromatic rings. The van der Waals surface area contributed by atoms with Crippen molar-refractivity contribution < 1.29 is 14.1 Å². The number of nitrogens with zero attached hydrogens (tertiary/aromatic N) is 3. The highest BCUT2D eigenvalue weighted by Crippen LogP contribution is 2.31. The molecule has 3 heterocycles. The predicted molar refractivity (Wildman–Crippen MR) is 72.3 cm³/mol. The van der Waals surface area contributed by atoms with Crippen LogP contribution in [0.15, 0.2) is 47.2 Å². The molecule has 1 aliphatic heterocycles. The number of benzene rings is 1. The number of rotatable bonds is 2. The van der Waals surface area contributed by atoms with Crippen LogP contribution in [0.2, 0.25) is 0 Å². The van der Waals surface area contributed by atoms with Crippen LogP contribution >= 0.6 is 0 Å². The molecule has 1 aliphatic rings. The summed E-state index contributed by atoms with van der Waals surface area (Å²) in [7, 11) is 0. The molecule has 21 heavy (non-hydrogen) atoms. The van der Waals surface area contributed by atoms with Gasteiger partial charge in [-0.15, -0.1) is 0 Å². The number of carbonyl (C=O) groups excluding carboxylic acids is 1. The van der Waals surface area contributed by atoms with Crippen LogP contribution in [0, 0.1) is 0 Å². The van der Waals surface area contributed by atoms with Crippen molar-refractivity contribution >= 4 is 5.97 Å². The molecule has 0 aliphatic carbocycles. The third kappa shape index (κ3) is 2.06. The van der Waals surface area contributed by atoms with Gasteiger partial charge in [0, 0.05) is 29.1 Å². The Morgan fingerprint density at radius 2 is 2.10 bits per heavy atom. The summed E-state index contributed by atoms with van der Waals surface area (Å²) in [4.78, 5) is 19.6. The van der Waals surface area contributed by atoms with Crippen LogP contribution in [0.25, 0.3) is 22.8 Å². The quantitative estimate of drug-likeness (QED) is 0.529. The van der Waals surface area contributed by atoms with Crippen molar-refractivity contribution in [2.75, 3.05) is 0 Å². The zero-order chi connectivity index (χ0) is 14.2. The van der Waals surface area contributed by atoms with Crippen LogP contribution < -0.4 is 4.74 Å². The Kier molecular flexibility index (Phi) is 2.53. The Balaban J connectivity index is 1.71. The maximum Gasteiger partial charge on any atom is 0.315 e. The van der Waals surface area contributed by atoms with E-state index in [9.17, 15) is 4.79 Å². The molecule has 0 unspecified atom stereocenters. The SMILES string of the molecule is O=C1Cc2cc(-c3nc(-c4cccnc4)no3)ccc2O1. The van der Waals surface area contributed by atoms with E-state index < -0.39 is 0 Å². The van der Waals surface area contributed by atoms with Gasteiger partial charge in [0.2, 0.25) is 5.82 Å². The van der Waals surface area contributed by atoms with E-state index in [0.29, 0.717) is 17.5 Å². The van der Waals surface area contributed by atoms with Crippen molar-refractivity contribution in [1.29, 1.82) is 0 Å². The van der Waals surface area contributed by atoms with Crippen LogP contribution in [-0.2, 0) is 11.2 Å². The molecule has 0 radical (unpaired) electrons. The number of hydrogen-bond donors (Lipinski definition) is 0. The van der Waals surface area contributed by atoms with Gasteiger partial charge in [0.25, 0.3) is 5.89 Å². The molecule has 102 valence electrons. The minimum absolute atomic E-state index is 0.247. The second-order valence-electron chi connectivity index (χ2n) is 4.64. The Morgan fingerprint density at radius 3 is 2.95 bits per heavy atom. The van der Waals surface area contributed by atoms with Crippen molar-refractivity contribution in [3.05, 3.63) is 48.3 Å². The number of pyridine rings is 1. The molecule has 0 spiro atoms. The second-order valence-corrected chi connectivity index (χ2v) is 4.64. The summed E-state index contributed by atoms with van der Waals surface area (Å²) in [6.45, 7) is 0. The summed E-state index contributed by atoms with van der Waals surface area (Å²) in [5.41, 5.74) is 2.38. The average molecular weight is 279 g/mol. The molecule has 0 saturated heterocycles. The van der Waals surface area contributed by atoms with Gasteiger partial charge in [-0.2, -0.15) is 4.98 Å². The summed E-state index contributed by atoms with van der Waals surface area (Å²) < 4.78 is 10.3. The van der Waals surface area contributed by atoms with Crippen LogP contribution in [0.4, 0.5) is 0 Å². The lowest BCUT2D eigenvalue weighted by molar-refractivity contribution is -0.131. The number of aromatic nitrogens is 3. The topological polar surface area (TPSA) is 78.1 Å². The molecule has 0 bridgehead atoms. The van der Waals surface area contributed by atoms with Crippen molar-refractivity contribution in [3.63, 3.8) is 0 Å². The van der Waals surface area contributed by atoms with E-state index in [1.165, 1.54) is 0 Å². The zero-order valence-corrected chi connectivity index (χ0v) is 10.8. The number of hydrogen-bond acceptors (Lipinski definition) is 6. The molecule has 0 saturated carbocycles. The van der Waals surface area contributed by atoms with E-state index in [2.05, 4.69) is 15.1 Å². The van der Waals surface area contributed by atoms with Crippen molar-refractivity contribution in [2.24, 2.45) is 0 Å². The second kappa shape index (κ2) is 4.52. The van der Waals surface area contributed by atoms with E-state index in [4.69, 9.17) is 9.26 Å². The smallest absolute Gasteiger partial charge is 0.315 e. The van der Waals surface area contributed by atoms with Gasteiger partial charge in [0.05, 0.1) is 6.42 Å². The predicted octanol–water partition coefficient (Wildman–Crippen LogP) is 2.26. The molecule has 0 amide bonds. The lowest BCUT2D eigenvalue weighted by atomic mass is 10.1. The van der Waals surface area contributed by atoms with Crippen LogP contribution in [0.1, 0.15) is 5.56 Å². The summed E-state index contributed by atoms with van der Waals surface area (Å²) in [5, 5.41) is 3.95. The van der Waals surface area contributed by atoms with Gasteiger partial charge < -0.3 is 9.26 Å². The normalized spacial score (nSPS) is 13.0. The molecule has 0 fully saturated rings. The number of ether oxygens (including phenoxy) is 1. The van der Waals surface area contributed by atoms with Crippen LogP contribution in [0.5, 0.6) is 5.75 Å². The monoisotopic (exact) mass is 279 g/mol. The Bertz CT molecular complexity index is 827. The summed E-state index contributed by atoms with van der Waals surface area (Å²) in [5.74, 6) is 1.22. The van der Waals surface area contributed by atoms with Crippen molar-refractivity contribution in [2.45, 2.75) is 6.42 Å². The lowest BCUT2D eigenvalue weighted by Gasteiger charge is -1.98. The standard InChI is InChI=1S/C15H9N3O3/c19-13-7-11-6-9(3-4-12(11)20-13)15-17-14(18-21-15)10-2-1-5-16-8-10/h1-6,8H,7H2. The molecule has 0 atom stereocenters. The fourth-order valence-corrected chi connectivity index (χ4v) is 2.22. The number of carbonyl (C=O) groups is 1. The van der Waals surface area contributed by atoms with Gasteiger partial charge in [-0.25, -0.2) is 0 Å². The van der Waals surface area contributed by atoms with E-state index in [1.54, 1.807) is 24.5 Å². The number of fused-ring (bicyclic) bond motifs is 1. The first-order valence-electron chi connectivity index (χ1n) is 6.38. The van der Waals surface area contributed by atoms with Gasteiger partial charge in [-0.05, 0) is 30.3 Å². The summed E-state index contributed by atoms with van der Waals surface area (Å²) >= 11 is 0. The Labute approximate surface area is 119 Å². The maximum absolute atomic E-state index is 11.3. The molecular formula is C15H9N3O3. The summed E-state index contributed by atoms with van der Waals surface area (Å²) in [6, 6.07) is 9.03. The highest BCUT2D eigenvalue weighted by atomic mass is 16.5. The number of esters is 1. The van der Waals surface area contributed by atoms with Gasteiger partial charge in [0.1, 0.15) is 5.75 Å². The van der Waals surface area contributed by atoms with Crippen LogP contribution in [0.3, 0.4) is 0 Å². The van der Waals surface area contributed by atoms with E-state index in [1.807, 2.05) is 18.2 Å². The largest absolute Gasteiger partial charge is 0.426 e. The first-order valence-corrected chi connectivity index (χ1v) is 6.38. The Hall–Kier alpha value is -3.02. The van der Waals surface area contributed by atoms with E-state index in [-0.39, 0.29) is 12.4 Å². The average Bonchev–Trinajstić information content (AvgIpc) is 3.12. The van der Waals surface area contributed by atoms with Crippen LogP contribution in [-0.4, -0.2) is 21.1 Å². The highest BCUT2D eigenvalue weighted by molar-refractivity contribution is 5.82. The lowest BCUT2D eigenvalue weighted by Crippen LogP contribution is -2.00. The molecule has 0 N–H and O–H groups in total. The molecule has 4 rings (SSSR count). The molecule has 1 aromatic carbocycles. The maximum atomic E-state index is 11.3. The molecule has 6 nitrogen and oxygen atoms in total. The van der Waals surface area contributed by atoms with Gasteiger partial charge >= 0.3 is 5.97 Å². The van der Waals surface area contributed by atoms with E-state index >= 15 is 0 Å². The Morgan fingerprint density at radius 1 is 1.14 bits per heavy atom. The van der Waals surface area contributed by atoms with E-state index in [0.717, 1.165) is 16.7 Å².